The van der Waals surface area contributed by atoms with Crippen molar-refractivity contribution in [1.82, 2.24) is 4.90 Å². The summed E-state index contributed by atoms with van der Waals surface area (Å²) in [6, 6.07) is 20.0. The quantitative estimate of drug-likeness (QED) is 0.715. The lowest BCUT2D eigenvalue weighted by atomic mass is 9.99. The lowest BCUT2D eigenvalue weighted by molar-refractivity contribution is -0.169. The van der Waals surface area contributed by atoms with Crippen molar-refractivity contribution in [2.75, 3.05) is 6.61 Å². The van der Waals surface area contributed by atoms with Crippen molar-refractivity contribution in [1.29, 1.82) is 0 Å². The van der Waals surface area contributed by atoms with Crippen LogP contribution in [-0.2, 0) is 32.2 Å². The Morgan fingerprint density at radius 2 is 1.50 bits per heavy atom. The topological polar surface area (TPSA) is 60.4 Å². The van der Waals surface area contributed by atoms with Crippen LogP contribution in [0.1, 0.15) is 31.9 Å². The predicted molar refractivity (Wildman–Crippen MR) is 120 cm³/mol. The van der Waals surface area contributed by atoms with Crippen LogP contribution in [0.25, 0.3) is 0 Å². The van der Waals surface area contributed by atoms with Gasteiger partial charge < -0.3 is 24.1 Å². The van der Waals surface area contributed by atoms with Gasteiger partial charge in [-0.1, -0.05) is 60.7 Å². The van der Waals surface area contributed by atoms with E-state index in [1.54, 1.807) is 0 Å². The average Bonchev–Trinajstić information content (AvgIpc) is 3.34. The summed E-state index contributed by atoms with van der Waals surface area (Å²) in [7, 11) is 0. The van der Waals surface area contributed by atoms with Gasteiger partial charge in [-0.25, -0.2) is 0 Å². The van der Waals surface area contributed by atoms with Gasteiger partial charge in [0, 0.05) is 6.04 Å². The van der Waals surface area contributed by atoms with Crippen LogP contribution in [0.5, 0.6) is 0 Å². The fourth-order valence-electron chi connectivity index (χ4n) is 5.58. The Labute approximate surface area is 190 Å². The summed E-state index contributed by atoms with van der Waals surface area (Å²) >= 11 is 0. The van der Waals surface area contributed by atoms with Crippen LogP contribution in [0.3, 0.4) is 0 Å². The number of nitrogens with zero attached hydrogens (tertiary/aromatic N) is 1. The standard InChI is InChI=1S/C26H33NO5/c1-17-23-25(32-26(2,3)31-23)21-22(28)24(30-15-19-12-8-5-9-13-19)20(27(17)21)16-29-14-18-10-6-4-7-11-18/h4-13,17,20-25,28H,14-16H2,1-3H3/t17-,20-,21+,22-,23-,24-,25+/m1/s1. The molecule has 3 fully saturated rings. The molecule has 3 heterocycles. The molecule has 1 N–H and O–H groups in total. The summed E-state index contributed by atoms with van der Waals surface area (Å²) < 4.78 is 24.9. The minimum Gasteiger partial charge on any atom is -0.389 e. The first-order chi connectivity index (χ1) is 15.4. The Balaban J connectivity index is 1.34. The highest BCUT2D eigenvalue weighted by Crippen LogP contribution is 2.47. The maximum absolute atomic E-state index is 11.4. The molecule has 0 amide bonds. The Hall–Kier alpha value is -1.80. The number of aliphatic hydroxyl groups excluding tert-OH is 1. The first-order valence-electron chi connectivity index (χ1n) is 11.5. The lowest BCUT2D eigenvalue weighted by Crippen LogP contribution is -2.47. The molecule has 2 aromatic rings. The van der Waals surface area contributed by atoms with E-state index < -0.39 is 11.9 Å². The molecule has 6 nitrogen and oxygen atoms in total. The van der Waals surface area contributed by atoms with Gasteiger partial charge in [-0.05, 0) is 31.9 Å². The molecule has 0 bridgehead atoms. The lowest BCUT2D eigenvalue weighted by Gasteiger charge is -2.33. The first-order valence-corrected chi connectivity index (χ1v) is 11.5. The van der Waals surface area contributed by atoms with E-state index in [1.807, 2.05) is 62.4 Å². The van der Waals surface area contributed by atoms with E-state index in [-0.39, 0.29) is 36.4 Å². The molecule has 32 heavy (non-hydrogen) atoms. The van der Waals surface area contributed by atoms with E-state index in [0.29, 0.717) is 19.8 Å². The highest BCUT2D eigenvalue weighted by Gasteiger charge is 2.65. The molecule has 0 spiro atoms. The van der Waals surface area contributed by atoms with Gasteiger partial charge in [0.25, 0.3) is 0 Å². The second kappa shape index (κ2) is 8.86. The monoisotopic (exact) mass is 439 g/mol. The smallest absolute Gasteiger partial charge is 0.163 e. The maximum Gasteiger partial charge on any atom is 0.163 e. The number of aliphatic hydroxyl groups is 1. The first kappa shape index (κ1) is 22.0. The Bertz CT molecular complexity index is 892. The van der Waals surface area contributed by atoms with Crippen LogP contribution >= 0.6 is 0 Å². The van der Waals surface area contributed by atoms with Crippen molar-refractivity contribution in [3.8, 4) is 0 Å². The molecular weight excluding hydrogens is 406 g/mol. The maximum atomic E-state index is 11.4. The summed E-state index contributed by atoms with van der Waals surface area (Å²) in [4.78, 5) is 2.32. The van der Waals surface area contributed by atoms with Gasteiger partial charge in [0.1, 0.15) is 18.3 Å². The summed E-state index contributed by atoms with van der Waals surface area (Å²) in [5, 5.41) is 11.4. The van der Waals surface area contributed by atoms with Gasteiger partial charge in [0.05, 0.1) is 38.0 Å². The predicted octanol–water partition coefficient (Wildman–Crippen LogP) is 3.12. The van der Waals surface area contributed by atoms with E-state index >= 15 is 0 Å². The second-order valence-corrected chi connectivity index (χ2v) is 9.56. The van der Waals surface area contributed by atoms with Crippen LogP contribution in [0.2, 0.25) is 0 Å². The minimum atomic E-state index is -0.681. The highest BCUT2D eigenvalue weighted by molar-refractivity contribution is 5.18. The number of benzene rings is 2. The van der Waals surface area contributed by atoms with Gasteiger partial charge in [0.2, 0.25) is 0 Å². The molecule has 3 aliphatic heterocycles. The van der Waals surface area contributed by atoms with Crippen LogP contribution in [0, 0.1) is 0 Å². The van der Waals surface area contributed by atoms with Crippen molar-refractivity contribution in [2.24, 2.45) is 0 Å². The Kier molecular flexibility index (Phi) is 6.09. The van der Waals surface area contributed by atoms with E-state index in [0.717, 1.165) is 11.1 Å². The van der Waals surface area contributed by atoms with E-state index in [2.05, 4.69) is 24.0 Å². The van der Waals surface area contributed by atoms with Crippen molar-refractivity contribution in [3.63, 3.8) is 0 Å². The normalized spacial score (nSPS) is 35.7. The highest BCUT2D eigenvalue weighted by atomic mass is 16.8. The number of fused-ring (bicyclic) bond motifs is 3. The molecule has 0 aromatic heterocycles. The third-order valence-electron chi connectivity index (χ3n) is 6.92. The minimum absolute atomic E-state index is 0.0728. The molecule has 7 atom stereocenters. The van der Waals surface area contributed by atoms with Crippen molar-refractivity contribution < 1.29 is 24.1 Å². The van der Waals surface area contributed by atoms with Crippen molar-refractivity contribution in [2.45, 2.75) is 82.3 Å². The second-order valence-electron chi connectivity index (χ2n) is 9.56. The van der Waals surface area contributed by atoms with Crippen LogP contribution in [0.4, 0.5) is 0 Å². The number of rotatable bonds is 7. The molecule has 0 unspecified atom stereocenters. The van der Waals surface area contributed by atoms with Crippen LogP contribution in [0.15, 0.2) is 60.7 Å². The van der Waals surface area contributed by atoms with E-state index in [4.69, 9.17) is 18.9 Å². The van der Waals surface area contributed by atoms with Crippen LogP contribution in [-0.4, -0.2) is 64.9 Å². The zero-order valence-corrected chi connectivity index (χ0v) is 19.0. The molecule has 0 saturated carbocycles. The molecule has 2 aromatic carbocycles. The molecule has 0 aliphatic carbocycles. The Morgan fingerprint density at radius 3 is 2.16 bits per heavy atom. The summed E-state index contributed by atoms with van der Waals surface area (Å²) in [6.07, 6.45) is -1.31. The molecule has 172 valence electrons. The molecule has 0 radical (unpaired) electrons. The summed E-state index contributed by atoms with van der Waals surface area (Å²) in [5.74, 6) is -0.641. The molecule has 3 saturated heterocycles. The SMILES string of the molecule is C[C@@H]1[C@H]2OC(C)(C)O[C@H]2[C@@H]2[C@@H](O)[C@H](OCc3ccccc3)[C@@H](COCc3ccccc3)N21. The fourth-order valence-corrected chi connectivity index (χ4v) is 5.58. The summed E-state index contributed by atoms with van der Waals surface area (Å²) in [5.41, 5.74) is 2.22. The zero-order valence-electron chi connectivity index (χ0n) is 19.0. The van der Waals surface area contributed by atoms with Gasteiger partial charge in [0.15, 0.2) is 5.79 Å². The van der Waals surface area contributed by atoms with Gasteiger partial charge in [-0.3, -0.25) is 4.90 Å². The Morgan fingerprint density at radius 1 is 0.906 bits per heavy atom. The van der Waals surface area contributed by atoms with Crippen molar-refractivity contribution >= 4 is 0 Å². The third kappa shape index (κ3) is 4.12. The average molecular weight is 440 g/mol. The largest absolute Gasteiger partial charge is 0.389 e. The third-order valence-corrected chi connectivity index (χ3v) is 6.92. The van der Waals surface area contributed by atoms with Gasteiger partial charge in [-0.15, -0.1) is 0 Å². The molecule has 6 heteroatoms. The zero-order chi connectivity index (χ0) is 22.3. The number of hydrogen-bond acceptors (Lipinski definition) is 6. The summed E-state index contributed by atoms with van der Waals surface area (Å²) in [6.45, 7) is 7.47. The molecule has 3 aliphatic rings. The van der Waals surface area contributed by atoms with E-state index in [9.17, 15) is 5.11 Å². The van der Waals surface area contributed by atoms with Crippen LogP contribution < -0.4 is 0 Å². The fraction of sp³-hybridized carbons (Fsp3) is 0.538. The van der Waals surface area contributed by atoms with Crippen molar-refractivity contribution in [3.05, 3.63) is 71.8 Å². The number of ether oxygens (including phenoxy) is 4. The number of hydrogen-bond donors (Lipinski definition) is 1. The van der Waals surface area contributed by atoms with Gasteiger partial charge in [-0.2, -0.15) is 0 Å². The molecule has 5 rings (SSSR count). The molecular formula is C26H33NO5. The van der Waals surface area contributed by atoms with Gasteiger partial charge >= 0.3 is 0 Å². The van der Waals surface area contributed by atoms with E-state index in [1.165, 1.54) is 0 Å².